The maximum atomic E-state index is 13.6. The fraction of sp³-hybridized carbons (Fsp3) is 0.0455. The number of hydrogen-bond acceptors (Lipinski definition) is 5. The molecule has 0 radical (unpaired) electrons. The fourth-order valence-electron chi connectivity index (χ4n) is 3.22. The normalized spacial score (nSPS) is 10.8. The number of nitrogens with one attached hydrogen (secondary N) is 1. The number of anilines is 1. The highest BCUT2D eigenvalue weighted by atomic mass is 19.1. The summed E-state index contributed by atoms with van der Waals surface area (Å²) in [5.41, 5.74) is -0.796. The number of nitro groups is 1. The van der Waals surface area contributed by atoms with Gasteiger partial charge in [-0.25, -0.2) is 9.37 Å². The third kappa shape index (κ3) is 4.06. The van der Waals surface area contributed by atoms with E-state index in [1.807, 2.05) is 0 Å². The molecule has 4 rings (SSSR count). The summed E-state index contributed by atoms with van der Waals surface area (Å²) in [7, 11) is 0. The first-order chi connectivity index (χ1) is 15.3. The molecule has 2 aromatic heterocycles. The number of halogens is 2. The molecule has 32 heavy (non-hydrogen) atoms. The number of rotatable bonds is 5. The average molecular weight is 436 g/mol. The fourth-order valence-corrected chi connectivity index (χ4v) is 3.22. The lowest BCUT2D eigenvalue weighted by atomic mass is 10.1. The van der Waals surface area contributed by atoms with Gasteiger partial charge in [-0.3, -0.25) is 24.3 Å². The summed E-state index contributed by atoms with van der Waals surface area (Å²) < 4.78 is 28.1. The molecule has 0 spiro atoms. The van der Waals surface area contributed by atoms with Crippen molar-refractivity contribution < 1.29 is 18.5 Å². The highest BCUT2D eigenvalue weighted by Gasteiger charge is 2.19. The van der Waals surface area contributed by atoms with E-state index in [0.717, 1.165) is 18.2 Å². The van der Waals surface area contributed by atoms with Gasteiger partial charge in [-0.15, -0.1) is 0 Å². The lowest BCUT2D eigenvalue weighted by Gasteiger charge is -2.12. The largest absolute Gasteiger partial charge is 0.322 e. The van der Waals surface area contributed by atoms with Crippen LogP contribution < -0.4 is 10.9 Å². The second-order valence-electron chi connectivity index (χ2n) is 6.87. The summed E-state index contributed by atoms with van der Waals surface area (Å²) in [6.07, 6.45) is 1.50. The van der Waals surface area contributed by atoms with Crippen molar-refractivity contribution in [3.8, 4) is 0 Å². The SMILES string of the molecule is O=C(Nc1ccc(F)c([N+](=O)[O-])c1)c1cc2cccnc2n(Cc2ccc(F)cc2)c1=O. The molecule has 0 saturated heterocycles. The van der Waals surface area contributed by atoms with Crippen molar-refractivity contribution in [1.82, 2.24) is 9.55 Å². The molecule has 0 bridgehead atoms. The molecule has 0 aliphatic heterocycles. The van der Waals surface area contributed by atoms with E-state index in [1.54, 1.807) is 12.1 Å². The van der Waals surface area contributed by atoms with Crippen molar-refractivity contribution in [2.24, 2.45) is 0 Å². The molecule has 2 aromatic carbocycles. The first kappa shape index (κ1) is 20.8. The van der Waals surface area contributed by atoms with Gasteiger partial charge in [0.1, 0.15) is 17.0 Å². The van der Waals surface area contributed by atoms with Crippen LogP contribution in [-0.4, -0.2) is 20.4 Å². The molecule has 4 aromatic rings. The zero-order chi connectivity index (χ0) is 22.8. The van der Waals surface area contributed by atoms with Crippen LogP contribution in [-0.2, 0) is 6.54 Å². The van der Waals surface area contributed by atoms with Gasteiger partial charge in [-0.2, -0.15) is 4.39 Å². The quantitative estimate of drug-likeness (QED) is 0.377. The molecule has 8 nitrogen and oxygen atoms in total. The standard InChI is InChI=1S/C22H14F2N4O4/c23-15-5-3-13(4-6-15)12-27-20-14(2-1-9-25-20)10-17(22(27)30)21(29)26-16-7-8-18(24)19(11-16)28(31)32/h1-11H,12H2,(H,26,29). The number of nitro benzene ring substituents is 1. The van der Waals surface area contributed by atoms with Gasteiger partial charge in [-0.05, 0) is 48.0 Å². The first-order valence-electron chi connectivity index (χ1n) is 9.32. The third-order valence-corrected chi connectivity index (χ3v) is 4.75. The predicted octanol–water partition coefficient (Wildman–Crippen LogP) is 3.88. The first-order valence-corrected chi connectivity index (χ1v) is 9.32. The lowest BCUT2D eigenvalue weighted by molar-refractivity contribution is -0.387. The Balaban J connectivity index is 1.76. The lowest BCUT2D eigenvalue weighted by Crippen LogP contribution is -2.30. The number of hydrogen-bond donors (Lipinski definition) is 1. The molecule has 0 aliphatic carbocycles. The number of carbonyl (C=O) groups is 1. The molecule has 0 atom stereocenters. The topological polar surface area (TPSA) is 107 Å². The maximum Gasteiger partial charge on any atom is 0.306 e. The Morgan fingerprint density at radius 3 is 2.56 bits per heavy atom. The second kappa shape index (κ2) is 8.34. The van der Waals surface area contributed by atoms with Crippen molar-refractivity contribution in [1.29, 1.82) is 0 Å². The Morgan fingerprint density at radius 2 is 1.84 bits per heavy atom. The Kier molecular flexibility index (Phi) is 5.42. The number of pyridine rings is 2. The van der Waals surface area contributed by atoms with Crippen molar-refractivity contribution in [3.63, 3.8) is 0 Å². The number of benzene rings is 2. The van der Waals surface area contributed by atoms with Crippen molar-refractivity contribution >= 4 is 28.3 Å². The minimum absolute atomic E-state index is 0.0375. The summed E-state index contributed by atoms with van der Waals surface area (Å²) in [6.45, 7) is 0.0375. The van der Waals surface area contributed by atoms with Crippen LogP contribution in [0.5, 0.6) is 0 Å². The van der Waals surface area contributed by atoms with Crippen LogP contribution in [0.25, 0.3) is 11.0 Å². The molecule has 160 valence electrons. The molecular weight excluding hydrogens is 422 g/mol. The van der Waals surface area contributed by atoms with Gasteiger partial charge in [0, 0.05) is 23.3 Å². The smallest absolute Gasteiger partial charge is 0.306 e. The Morgan fingerprint density at radius 1 is 1.09 bits per heavy atom. The van der Waals surface area contributed by atoms with Crippen LogP contribution in [0.3, 0.4) is 0 Å². The molecular formula is C22H14F2N4O4. The summed E-state index contributed by atoms with van der Waals surface area (Å²) in [6, 6.07) is 13.1. The van der Waals surface area contributed by atoms with Crippen LogP contribution in [0.15, 0.2) is 71.7 Å². The predicted molar refractivity (Wildman–Crippen MR) is 113 cm³/mol. The van der Waals surface area contributed by atoms with Gasteiger partial charge in [-0.1, -0.05) is 12.1 Å². The van der Waals surface area contributed by atoms with Crippen molar-refractivity contribution in [3.05, 3.63) is 110 Å². The van der Waals surface area contributed by atoms with Gasteiger partial charge in [0.15, 0.2) is 0 Å². The van der Waals surface area contributed by atoms with E-state index in [-0.39, 0.29) is 17.8 Å². The molecule has 0 fully saturated rings. The number of fused-ring (bicyclic) bond motifs is 1. The van der Waals surface area contributed by atoms with Crippen molar-refractivity contribution in [2.45, 2.75) is 6.54 Å². The van der Waals surface area contributed by atoms with E-state index in [1.165, 1.54) is 41.1 Å². The number of aromatic nitrogens is 2. The average Bonchev–Trinajstić information content (AvgIpc) is 2.78. The number of amides is 1. The summed E-state index contributed by atoms with van der Waals surface area (Å²) >= 11 is 0. The minimum atomic E-state index is -1.05. The van der Waals surface area contributed by atoms with Crippen LogP contribution in [0, 0.1) is 21.7 Å². The number of carbonyl (C=O) groups excluding carboxylic acids is 1. The van der Waals surface area contributed by atoms with E-state index >= 15 is 0 Å². The van der Waals surface area contributed by atoms with Crippen molar-refractivity contribution in [2.75, 3.05) is 5.32 Å². The van der Waals surface area contributed by atoms with Crippen LogP contribution >= 0.6 is 0 Å². The van der Waals surface area contributed by atoms with E-state index in [4.69, 9.17) is 0 Å². The highest BCUT2D eigenvalue weighted by Crippen LogP contribution is 2.22. The van der Waals surface area contributed by atoms with Crippen LogP contribution in [0.2, 0.25) is 0 Å². The Labute approximate surface area is 178 Å². The van der Waals surface area contributed by atoms with Gasteiger partial charge in [0.05, 0.1) is 11.5 Å². The molecule has 0 aliphatic rings. The maximum absolute atomic E-state index is 13.6. The number of nitrogens with zero attached hydrogens (tertiary/aromatic N) is 3. The van der Waals surface area contributed by atoms with Gasteiger partial charge in [0.2, 0.25) is 5.82 Å². The third-order valence-electron chi connectivity index (χ3n) is 4.75. The summed E-state index contributed by atoms with van der Waals surface area (Å²) in [5, 5.41) is 13.8. The van der Waals surface area contributed by atoms with Crippen LogP contribution in [0.1, 0.15) is 15.9 Å². The molecule has 0 unspecified atom stereocenters. The van der Waals surface area contributed by atoms with Gasteiger partial charge >= 0.3 is 5.69 Å². The van der Waals surface area contributed by atoms with E-state index < -0.39 is 33.7 Å². The highest BCUT2D eigenvalue weighted by molar-refractivity contribution is 6.05. The van der Waals surface area contributed by atoms with Crippen LogP contribution in [0.4, 0.5) is 20.2 Å². The molecule has 1 N–H and O–H groups in total. The van der Waals surface area contributed by atoms with E-state index in [0.29, 0.717) is 16.6 Å². The monoisotopic (exact) mass is 436 g/mol. The molecule has 0 saturated carbocycles. The minimum Gasteiger partial charge on any atom is -0.322 e. The second-order valence-corrected chi connectivity index (χ2v) is 6.87. The van der Waals surface area contributed by atoms with Gasteiger partial charge in [0.25, 0.3) is 11.5 Å². The zero-order valence-electron chi connectivity index (χ0n) is 16.3. The molecule has 10 heteroatoms. The van der Waals surface area contributed by atoms with Gasteiger partial charge < -0.3 is 5.32 Å². The summed E-state index contributed by atoms with van der Waals surface area (Å²) in [5.74, 6) is -2.30. The Hall–Kier alpha value is -4.47. The summed E-state index contributed by atoms with van der Waals surface area (Å²) in [4.78, 5) is 40.2. The Bertz CT molecular complexity index is 1420. The van der Waals surface area contributed by atoms with E-state index in [9.17, 15) is 28.5 Å². The molecule has 1 amide bonds. The van der Waals surface area contributed by atoms with E-state index in [2.05, 4.69) is 10.3 Å². The molecule has 2 heterocycles. The zero-order valence-corrected chi connectivity index (χ0v) is 16.3.